The van der Waals surface area contributed by atoms with Crippen molar-refractivity contribution in [3.05, 3.63) is 65.7 Å². The second kappa shape index (κ2) is 8.98. The molecule has 1 aromatic carbocycles. The van der Waals surface area contributed by atoms with Gasteiger partial charge in [0.1, 0.15) is 0 Å². The van der Waals surface area contributed by atoms with Crippen LogP contribution >= 0.6 is 0 Å². The number of pyridine rings is 1. The third-order valence-electron chi connectivity index (χ3n) is 5.75. The number of nitrogens with zero attached hydrogens (tertiary/aromatic N) is 3. The van der Waals surface area contributed by atoms with Gasteiger partial charge in [-0.25, -0.2) is 4.39 Å². The van der Waals surface area contributed by atoms with Crippen LogP contribution in [0.25, 0.3) is 0 Å². The maximum Gasteiger partial charge on any atom is 0.257 e. The van der Waals surface area contributed by atoms with E-state index < -0.39 is 5.82 Å². The van der Waals surface area contributed by atoms with Gasteiger partial charge in [0.2, 0.25) is 0 Å². The Morgan fingerprint density at radius 3 is 2.66 bits per heavy atom. The zero-order chi connectivity index (χ0) is 20.2. The Hall–Kier alpha value is -2.35. The fourth-order valence-electron chi connectivity index (χ4n) is 4.22. The first-order chi connectivity index (χ1) is 14.1. The summed E-state index contributed by atoms with van der Waals surface area (Å²) in [6, 6.07) is 10.9. The van der Waals surface area contributed by atoms with Gasteiger partial charge in [0.05, 0.1) is 36.6 Å². The summed E-state index contributed by atoms with van der Waals surface area (Å²) in [6.07, 6.45) is 3.53. The summed E-state index contributed by atoms with van der Waals surface area (Å²) in [5.41, 5.74) is 1.000. The molecule has 0 spiro atoms. The van der Waals surface area contributed by atoms with Gasteiger partial charge in [0.25, 0.3) is 5.91 Å². The van der Waals surface area contributed by atoms with E-state index >= 15 is 0 Å². The number of amides is 1. The van der Waals surface area contributed by atoms with Crippen LogP contribution in [0.3, 0.4) is 0 Å². The fraction of sp³-hybridized carbons (Fsp3) is 0.455. The van der Waals surface area contributed by atoms with E-state index in [0.717, 1.165) is 37.7 Å². The first-order valence-corrected chi connectivity index (χ1v) is 10.1. The smallest absolute Gasteiger partial charge is 0.257 e. The number of aliphatic hydroxyl groups excluding tert-OH is 1. The summed E-state index contributed by atoms with van der Waals surface area (Å²) in [5.74, 6) is -0.960. The largest absolute Gasteiger partial charge is 0.393 e. The first-order valence-electron chi connectivity index (χ1n) is 10.1. The van der Waals surface area contributed by atoms with Crippen molar-refractivity contribution in [2.75, 3.05) is 32.8 Å². The minimum Gasteiger partial charge on any atom is -0.393 e. The van der Waals surface area contributed by atoms with Crippen molar-refractivity contribution in [2.24, 2.45) is 0 Å². The number of morpholine rings is 1. The molecule has 2 atom stereocenters. The number of halogens is 1. The number of hydrogen-bond acceptors (Lipinski definition) is 5. The average Bonchev–Trinajstić information content (AvgIpc) is 2.76. The number of piperidine rings is 1. The van der Waals surface area contributed by atoms with Gasteiger partial charge in [-0.05, 0) is 24.5 Å². The lowest BCUT2D eigenvalue weighted by Crippen LogP contribution is -2.53. The highest BCUT2D eigenvalue weighted by molar-refractivity contribution is 5.94. The predicted octanol–water partition coefficient (Wildman–Crippen LogP) is 2.26. The van der Waals surface area contributed by atoms with E-state index in [1.54, 1.807) is 4.90 Å². The maximum atomic E-state index is 14.3. The Balaban J connectivity index is 1.61. The lowest BCUT2D eigenvalue weighted by molar-refractivity contribution is -0.0771. The normalized spacial score (nSPS) is 23.9. The van der Waals surface area contributed by atoms with Gasteiger partial charge >= 0.3 is 0 Å². The number of benzene rings is 1. The third-order valence-corrected chi connectivity index (χ3v) is 5.75. The summed E-state index contributed by atoms with van der Waals surface area (Å²) in [4.78, 5) is 21.0. The molecule has 0 unspecified atom stereocenters. The van der Waals surface area contributed by atoms with E-state index in [0.29, 0.717) is 19.7 Å². The van der Waals surface area contributed by atoms with Crippen LogP contribution < -0.4 is 0 Å². The minimum absolute atomic E-state index is 0.0303. The number of hydrogen-bond donors (Lipinski definition) is 1. The molecular formula is C22H26FN3O3. The van der Waals surface area contributed by atoms with E-state index in [1.165, 1.54) is 12.3 Å². The van der Waals surface area contributed by atoms with Crippen molar-refractivity contribution in [3.63, 3.8) is 0 Å². The first kappa shape index (κ1) is 19.9. The predicted molar refractivity (Wildman–Crippen MR) is 106 cm³/mol. The number of rotatable bonds is 4. The molecule has 2 aliphatic rings. The Morgan fingerprint density at radius 2 is 1.93 bits per heavy atom. The Morgan fingerprint density at radius 1 is 1.17 bits per heavy atom. The zero-order valence-electron chi connectivity index (χ0n) is 16.3. The van der Waals surface area contributed by atoms with E-state index in [4.69, 9.17) is 4.74 Å². The highest BCUT2D eigenvalue weighted by Gasteiger charge is 2.38. The SMILES string of the molecule is O=C(c1ccncc1F)N1CCO[C@@H](CN2CCC(O)CC2)[C@@H]1c1ccccc1. The molecule has 6 nitrogen and oxygen atoms in total. The molecule has 0 bridgehead atoms. The summed E-state index contributed by atoms with van der Waals surface area (Å²) >= 11 is 0. The summed E-state index contributed by atoms with van der Waals surface area (Å²) in [5, 5.41) is 9.78. The van der Waals surface area contributed by atoms with Gasteiger partial charge in [-0.15, -0.1) is 0 Å². The second-order valence-corrected chi connectivity index (χ2v) is 7.65. The van der Waals surface area contributed by atoms with Crippen molar-refractivity contribution in [1.82, 2.24) is 14.8 Å². The number of carbonyl (C=O) groups excluding carboxylic acids is 1. The zero-order valence-corrected chi connectivity index (χ0v) is 16.3. The summed E-state index contributed by atoms with van der Waals surface area (Å²) in [7, 11) is 0. The van der Waals surface area contributed by atoms with Gasteiger partial charge < -0.3 is 19.6 Å². The quantitative estimate of drug-likeness (QED) is 0.854. The molecule has 2 fully saturated rings. The molecule has 1 N–H and O–H groups in total. The molecule has 1 amide bonds. The molecule has 2 aromatic rings. The number of likely N-dealkylation sites (tertiary alicyclic amines) is 1. The molecular weight excluding hydrogens is 373 g/mol. The highest BCUT2D eigenvalue weighted by Crippen LogP contribution is 2.32. The second-order valence-electron chi connectivity index (χ2n) is 7.65. The van der Waals surface area contributed by atoms with Gasteiger partial charge in [0, 0.05) is 32.4 Å². The molecule has 0 radical (unpaired) electrons. The molecule has 4 rings (SSSR count). The minimum atomic E-state index is -0.614. The Labute approximate surface area is 169 Å². The van der Waals surface area contributed by atoms with E-state index in [9.17, 15) is 14.3 Å². The van der Waals surface area contributed by atoms with Crippen LogP contribution in [0.1, 0.15) is 34.8 Å². The van der Waals surface area contributed by atoms with Gasteiger partial charge in [-0.1, -0.05) is 30.3 Å². The molecule has 0 saturated carbocycles. The van der Waals surface area contributed by atoms with Crippen LogP contribution in [0.5, 0.6) is 0 Å². The topological polar surface area (TPSA) is 65.9 Å². The number of ether oxygens (including phenoxy) is 1. The van der Waals surface area contributed by atoms with Crippen LogP contribution in [0.2, 0.25) is 0 Å². The number of aromatic nitrogens is 1. The van der Waals surface area contributed by atoms with Gasteiger partial charge in [-0.2, -0.15) is 0 Å². The molecule has 2 aliphatic heterocycles. The molecule has 29 heavy (non-hydrogen) atoms. The summed E-state index contributed by atoms with van der Waals surface area (Å²) < 4.78 is 20.4. The van der Waals surface area contributed by atoms with Crippen LogP contribution in [0.4, 0.5) is 4.39 Å². The Kier molecular flexibility index (Phi) is 6.18. The van der Waals surface area contributed by atoms with Crippen LogP contribution in [-0.2, 0) is 4.74 Å². The van der Waals surface area contributed by atoms with E-state index in [-0.39, 0.29) is 29.7 Å². The van der Waals surface area contributed by atoms with Gasteiger partial charge in [-0.3, -0.25) is 9.78 Å². The molecule has 154 valence electrons. The summed E-state index contributed by atoms with van der Waals surface area (Å²) in [6.45, 7) is 3.07. The van der Waals surface area contributed by atoms with Crippen molar-refractivity contribution in [2.45, 2.75) is 31.1 Å². The maximum absolute atomic E-state index is 14.3. The van der Waals surface area contributed by atoms with Crippen LogP contribution in [-0.4, -0.2) is 70.8 Å². The number of carbonyl (C=O) groups is 1. The van der Waals surface area contributed by atoms with Crippen molar-refractivity contribution in [3.8, 4) is 0 Å². The van der Waals surface area contributed by atoms with Gasteiger partial charge in [0.15, 0.2) is 5.82 Å². The standard InChI is InChI=1S/C22H26FN3O3/c23-19-14-24-9-6-18(19)22(28)26-12-13-29-20(15-25-10-7-17(27)8-11-25)21(26)16-4-2-1-3-5-16/h1-6,9,14,17,20-21,27H,7-8,10-13,15H2/t20-,21-/m0/s1. The van der Waals surface area contributed by atoms with Crippen molar-refractivity contribution >= 4 is 5.91 Å². The molecule has 2 saturated heterocycles. The Bertz CT molecular complexity index is 827. The van der Waals surface area contributed by atoms with Crippen LogP contribution in [0.15, 0.2) is 48.8 Å². The van der Waals surface area contributed by atoms with Crippen LogP contribution in [0, 0.1) is 5.82 Å². The fourth-order valence-corrected chi connectivity index (χ4v) is 4.22. The van der Waals surface area contributed by atoms with E-state index in [2.05, 4.69) is 9.88 Å². The lowest BCUT2D eigenvalue weighted by atomic mass is 9.96. The molecule has 3 heterocycles. The molecule has 1 aromatic heterocycles. The van der Waals surface area contributed by atoms with E-state index in [1.807, 2.05) is 30.3 Å². The monoisotopic (exact) mass is 399 g/mol. The number of aliphatic hydroxyl groups is 1. The van der Waals surface area contributed by atoms with Crippen molar-refractivity contribution in [1.29, 1.82) is 0 Å². The highest BCUT2D eigenvalue weighted by atomic mass is 19.1. The van der Waals surface area contributed by atoms with Crippen molar-refractivity contribution < 1.29 is 19.0 Å². The lowest BCUT2D eigenvalue weighted by Gasteiger charge is -2.44. The third kappa shape index (κ3) is 4.47. The average molecular weight is 399 g/mol. The molecule has 7 heteroatoms. The molecule has 0 aliphatic carbocycles.